The molecule has 0 aliphatic carbocycles. The molecule has 0 bridgehead atoms. The van der Waals surface area contributed by atoms with Gasteiger partial charge >= 0.3 is 0 Å². The van der Waals surface area contributed by atoms with E-state index in [0.29, 0.717) is 19.0 Å². The van der Waals surface area contributed by atoms with Crippen LogP contribution in [0.5, 0.6) is 5.75 Å². The molecule has 2 aromatic carbocycles. The molecule has 29 heavy (non-hydrogen) atoms. The van der Waals surface area contributed by atoms with E-state index >= 15 is 0 Å². The quantitative estimate of drug-likeness (QED) is 0.813. The molecule has 2 aromatic rings. The third-order valence-electron chi connectivity index (χ3n) is 5.76. The van der Waals surface area contributed by atoms with Crippen LogP contribution >= 0.6 is 0 Å². The first-order valence-corrected chi connectivity index (χ1v) is 11.2. The third kappa shape index (κ3) is 4.79. The highest BCUT2D eigenvalue weighted by Gasteiger charge is 2.28. The van der Waals surface area contributed by atoms with E-state index in [1.807, 2.05) is 26.0 Å². The highest BCUT2D eigenvalue weighted by molar-refractivity contribution is 7.89. The summed E-state index contributed by atoms with van der Waals surface area (Å²) in [5, 5.41) is 9.42. The van der Waals surface area contributed by atoms with Crippen LogP contribution in [-0.2, 0) is 14.8 Å². The Morgan fingerprint density at radius 1 is 1.07 bits per heavy atom. The van der Waals surface area contributed by atoms with Gasteiger partial charge in [0.1, 0.15) is 5.75 Å². The van der Waals surface area contributed by atoms with Crippen molar-refractivity contribution in [2.45, 2.75) is 37.5 Å². The van der Waals surface area contributed by atoms with Gasteiger partial charge in [-0.15, -0.1) is 0 Å². The minimum absolute atomic E-state index is 0.168. The number of phenols is 1. The lowest BCUT2D eigenvalue weighted by Gasteiger charge is -2.33. The van der Waals surface area contributed by atoms with Gasteiger partial charge in [0.05, 0.1) is 11.4 Å². The summed E-state index contributed by atoms with van der Waals surface area (Å²) in [5.74, 6) is 0.412. The van der Waals surface area contributed by atoms with Crippen molar-refractivity contribution in [1.29, 1.82) is 0 Å². The van der Waals surface area contributed by atoms with Crippen LogP contribution in [0.4, 0.5) is 0 Å². The first-order chi connectivity index (χ1) is 13.7. The number of hydrogen-bond acceptors (Lipinski definition) is 4. The second-order valence-corrected chi connectivity index (χ2v) is 9.80. The predicted octanol–water partition coefficient (Wildman–Crippen LogP) is 3.04. The van der Waals surface area contributed by atoms with Gasteiger partial charge in [0, 0.05) is 20.1 Å². The Labute approximate surface area is 172 Å². The van der Waals surface area contributed by atoms with Crippen LogP contribution in [0.3, 0.4) is 0 Å². The minimum Gasteiger partial charge on any atom is -0.508 e. The number of likely N-dealkylation sites (tertiary alicyclic amines) is 1. The SMILES string of the molecule is Cc1ccc(S(=O)(=O)N(C)CC(=O)N2CCC(c3ccc(O)cc3)CC2)cc1C. The molecule has 0 unspecified atom stereocenters. The van der Waals surface area contributed by atoms with Crippen molar-refractivity contribution in [1.82, 2.24) is 9.21 Å². The van der Waals surface area contributed by atoms with Gasteiger partial charge in [-0.05, 0) is 73.6 Å². The molecular weight excluding hydrogens is 388 g/mol. The van der Waals surface area contributed by atoms with Crippen molar-refractivity contribution in [3.63, 3.8) is 0 Å². The summed E-state index contributed by atoms with van der Waals surface area (Å²) in [6.07, 6.45) is 1.65. The smallest absolute Gasteiger partial charge is 0.243 e. The summed E-state index contributed by atoms with van der Waals surface area (Å²) in [5.41, 5.74) is 3.09. The van der Waals surface area contributed by atoms with Crippen LogP contribution in [-0.4, -0.2) is 55.3 Å². The highest BCUT2D eigenvalue weighted by atomic mass is 32.2. The van der Waals surface area contributed by atoms with Crippen LogP contribution < -0.4 is 0 Å². The largest absolute Gasteiger partial charge is 0.508 e. The Kier molecular flexibility index (Phi) is 6.29. The molecule has 0 saturated carbocycles. The summed E-state index contributed by atoms with van der Waals surface area (Å²) in [6.45, 7) is 4.83. The van der Waals surface area contributed by atoms with Crippen molar-refractivity contribution in [3.8, 4) is 5.75 Å². The van der Waals surface area contributed by atoms with Gasteiger partial charge in [-0.2, -0.15) is 4.31 Å². The predicted molar refractivity (Wildman–Crippen MR) is 112 cm³/mol. The number of nitrogens with zero attached hydrogens (tertiary/aromatic N) is 2. The van der Waals surface area contributed by atoms with E-state index in [9.17, 15) is 18.3 Å². The number of carbonyl (C=O) groups excluding carboxylic acids is 1. The Bertz CT molecular complexity index is 978. The van der Waals surface area contributed by atoms with Crippen LogP contribution in [0.1, 0.15) is 35.4 Å². The third-order valence-corrected chi connectivity index (χ3v) is 7.56. The van der Waals surface area contributed by atoms with E-state index in [-0.39, 0.29) is 23.1 Å². The van der Waals surface area contributed by atoms with E-state index in [1.165, 1.54) is 7.05 Å². The van der Waals surface area contributed by atoms with Gasteiger partial charge in [-0.3, -0.25) is 4.79 Å². The maximum absolute atomic E-state index is 12.8. The van der Waals surface area contributed by atoms with Crippen LogP contribution in [0.25, 0.3) is 0 Å². The van der Waals surface area contributed by atoms with E-state index in [2.05, 4.69) is 0 Å². The molecule has 1 heterocycles. The molecule has 3 rings (SSSR count). The van der Waals surface area contributed by atoms with Crippen molar-refractivity contribution >= 4 is 15.9 Å². The number of piperidine rings is 1. The molecule has 0 atom stereocenters. The fraction of sp³-hybridized carbons (Fsp3) is 0.409. The number of hydrogen-bond donors (Lipinski definition) is 1. The number of aromatic hydroxyl groups is 1. The number of aryl methyl sites for hydroxylation is 2. The van der Waals surface area contributed by atoms with Crippen molar-refractivity contribution < 1.29 is 18.3 Å². The molecule has 7 heteroatoms. The number of sulfonamides is 1. The molecule has 1 aliphatic heterocycles. The fourth-order valence-electron chi connectivity index (χ4n) is 3.64. The number of likely N-dealkylation sites (N-methyl/N-ethyl adjacent to an activating group) is 1. The zero-order chi connectivity index (χ0) is 21.2. The molecule has 1 N–H and O–H groups in total. The van der Waals surface area contributed by atoms with Gasteiger partial charge in [-0.25, -0.2) is 8.42 Å². The highest BCUT2D eigenvalue weighted by Crippen LogP contribution is 2.29. The summed E-state index contributed by atoms with van der Waals surface area (Å²) in [4.78, 5) is 14.6. The second kappa shape index (κ2) is 8.55. The number of rotatable bonds is 5. The fourth-order valence-corrected chi connectivity index (χ4v) is 4.84. The molecule has 0 aromatic heterocycles. The normalized spacial score (nSPS) is 15.7. The molecule has 1 amide bonds. The standard InChI is InChI=1S/C22H28N2O4S/c1-16-4-9-21(14-17(16)2)29(27,28)23(3)15-22(26)24-12-10-19(11-13-24)18-5-7-20(25)8-6-18/h4-9,14,19,25H,10-13,15H2,1-3H3. The van der Waals surface area contributed by atoms with Gasteiger partial charge in [0.15, 0.2) is 0 Å². The Balaban J connectivity index is 1.60. The minimum atomic E-state index is -3.71. The van der Waals surface area contributed by atoms with Gasteiger partial charge < -0.3 is 10.0 Å². The van der Waals surface area contributed by atoms with E-state index in [4.69, 9.17) is 0 Å². The molecule has 1 fully saturated rings. The average molecular weight is 417 g/mol. The molecule has 6 nitrogen and oxygen atoms in total. The molecule has 156 valence electrons. The zero-order valence-electron chi connectivity index (χ0n) is 17.1. The van der Waals surface area contributed by atoms with E-state index in [1.54, 1.807) is 35.2 Å². The van der Waals surface area contributed by atoms with E-state index in [0.717, 1.165) is 33.8 Å². The van der Waals surface area contributed by atoms with Crippen LogP contribution in [0.15, 0.2) is 47.4 Å². The lowest BCUT2D eigenvalue weighted by molar-refractivity contribution is -0.132. The Morgan fingerprint density at radius 3 is 2.28 bits per heavy atom. The monoisotopic (exact) mass is 416 g/mol. The van der Waals surface area contributed by atoms with Gasteiger partial charge in [0.25, 0.3) is 0 Å². The topological polar surface area (TPSA) is 77.9 Å². The lowest BCUT2D eigenvalue weighted by Crippen LogP contribution is -2.44. The number of phenolic OH excluding ortho intramolecular Hbond substituents is 1. The van der Waals surface area contributed by atoms with Crippen molar-refractivity contribution in [3.05, 3.63) is 59.2 Å². The van der Waals surface area contributed by atoms with Crippen LogP contribution in [0.2, 0.25) is 0 Å². The molecule has 0 spiro atoms. The number of carbonyl (C=O) groups is 1. The summed E-state index contributed by atoms with van der Waals surface area (Å²) in [6, 6.07) is 12.2. The first-order valence-electron chi connectivity index (χ1n) is 9.79. The molecule has 1 aliphatic rings. The molecular formula is C22H28N2O4S. The van der Waals surface area contributed by atoms with Crippen molar-refractivity contribution in [2.75, 3.05) is 26.7 Å². The lowest BCUT2D eigenvalue weighted by atomic mass is 9.89. The molecule has 1 saturated heterocycles. The maximum Gasteiger partial charge on any atom is 0.243 e. The average Bonchev–Trinajstić information content (AvgIpc) is 2.70. The Morgan fingerprint density at radius 2 is 1.69 bits per heavy atom. The van der Waals surface area contributed by atoms with Gasteiger partial charge in [0.2, 0.25) is 15.9 Å². The Hall–Kier alpha value is -2.38. The van der Waals surface area contributed by atoms with Crippen molar-refractivity contribution in [2.24, 2.45) is 0 Å². The summed E-state index contributed by atoms with van der Waals surface area (Å²) >= 11 is 0. The summed E-state index contributed by atoms with van der Waals surface area (Å²) < 4.78 is 26.8. The molecule has 0 radical (unpaired) electrons. The number of amides is 1. The van der Waals surface area contributed by atoms with Crippen LogP contribution in [0, 0.1) is 13.8 Å². The number of benzene rings is 2. The zero-order valence-corrected chi connectivity index (χ0v) is 17.9. The van der Waals surface area contributed by atoms with E-state index < -0.39 is 10.0 Å². The summed E-state index contributed by atoms with van der Waals surface area (Å²) in [7, 11) is -2.26. The van der Waals surface area contributed by atoms with Gasteiger partial charge in [-0.1, -0.05) is 18.2 Å². The first kappa shape index (κ1) is 21.3. The second-order valence-electron chi connectivity index (χ2n) is 7.75. The maximum atomic E-state index is 12.8.